The van der Waals surface area contributed by atoms with Gasteiger partial charge in [0.25, 0.3) is 0 Å². The molecule has 2 aromatic heterocycles. The summed E-state index contributed by atoms with van der Waals surface area (Å²) in [7, 11) is 0. The number of β-amino-alcohol motifs (C(OH)–C–C–N with tert-alkyl or cyclic N) is 1. The normalized spacial score (nSPS) is 21.3. The van der Waals surface area contributed by atoms with Crippen molar-refractivity contribution < 1.29 is 19.5 Å². The Morgan fingerprint density at radius 3 is 3.00 bits per heavy atom. The minimum absolute atomic E-state index is 0.0454. The number of aliphatic hydroxyl groups is 1. The second kappa shape index (κ2) is 5.76. The zero-order valence-electron chi connectivity index (χ0n) is 12.1. The summed E-state index contributed by atoms with van der Waals surface area (Å²) in [6, 6.07) is 4.96. The van der Waals surface area contributed by atoms with Gasteiger partial charge in [-0.3, -0.25) is 0 Å². The molecule has 0 aliphatic carbocycles. The van der Waals surface area contributed by atoms with Crippen LogP contribution in [0.4, 0.5) is 5.82 Å². The Bertz CT molecular complexity index is 685. The quantitative estimate of drug-likeness (QED) is 0.872. The van der Waals surface area contributed by atoms with Crippen LogP contribution in [-0.2, 0) is 6.42 Å². The number of aromatic carboxylic acids is 1. The Kier molecular flexibility index (Phi) is 3.81. The second-order valence-electron chi connectivity index (χ2n) is 5.55. The van der Waals surface area contributed by atoms with E-state index in [1.807, 2.05) is 17.9 Å². The van der Waals surface area contributed by atoms with E-state index >= 15 is 0 Å². The van der Waals surface area contributed by atoms with Crippen LogP contribution >= 0.6 is 0 Å². The molecule has 22 heavy (non-hydrogen) atoms. The summed E-state index contributed by atoms with van der Waals surface area (Å²) in [5.41, 5.74) is 0.947. The fourth-order valence-electron chi connectivity index (χ4n) is 2.81. The SMILES string of the molecule is Cc1cc(C[C@@H]2CN(c3ncccc3C(=O)O)C[C@H]2O)on1. The van der Waals surface area contributed by atoms with Crippen LogP contribution in [0.2, 0.25) is 0 Å². The lowest BCUT2D eigenvalue weighted by Crippen LogP contribution is -2.24. The van der Waals surface area contributed by atoms with Gasteiger partial charge in [-0.1, -0.05) is 5.16 Å². The molecule has 3 heterocycles. The number of carboxylic acids is 1. The molecule has 0 spiro atoms. The third-order valence-electron chi connectivity index (χ3n) is 3.86. The minimum Gasteiger partial charge on any atom is -0.478 e. The smallest absolute Gasteiger partial charge is 0.339 e. The molecule has 0 unspecified atom stereocenters. The molecule has 7 nitrogen and oxygen atoms in total. The van der Waals surface area contributed by atoms with E-state index in [1.165, 1.54) is 6.07 Å². The number of aliphatic hydroxyl groups excluding tert-OH is 1. The minimum atomic E-state index is -1.02. The van der Waals surface area contributed by atoms with E-state index in [9.17, 15) is 15.0 Å². The first-order chi connectivity index (χ1) is 10.5. The van der Waals surface area contributed by atoms with E-state index in [1.54, 1.807) is 12.3 Å². The molecule has 0 radical (unpaired) electrons. The molecular formula is C15H17N3O4. The number of hydrogen-bond acceptors (Lipinski definition) is 6. The van der Waals surface area contributed by atoms with Gasteiger partial charge in [-0.05, 0) is 19.1 Å². The molecule has 2 atom stereocenters. The van der Waals surface area contributed by atoms with Crippen LogP contribution in [0, 0.1) is 12.8 Å². The first kappa shape index (κ1) is 14.5. The molecule has 116 valence electrons. The molecule has 0 saturated carbocycles. The van der Waals surface area contributed by atoms with Crippen LogP contribution in [0.25, 0.3) is 0 Å². The molecule has 1 saturated heterocycles. The summed E-state index contributed by atoms with van der Waals surface area (Å²) in [5.74, 6) is 0.0519. The van der Waals surface area contributed by atoms with Gasteiger partial charge in [0.15, 0.2) is 0 Å². The highest BCUT2D eigenvalue weighted by molar-refractivity contribution is 5.93. The lowest BCUT2D eigenvalue weighted by molar-refractivity contribution is 0.0697. The number of hydrogen-bond donors (Lipinski definition) is 2. The van der Waals surface area contributed by atoms with E-state index in [-0.39, 0.29) is 11.5 Å². The first-order valence-electron chi connectivity index (χ1n) is 7.08. The van der Waals surface area contributed by atoms with E-state index in [4.69, 9.17) is 4.52 Å². The fraction of sp³-hybridized carbons (Fsp3) is 0.400. The Hall–Kier alpha value is -2.41. The summed E-state index contributed by atoms with van der Waals surface area (Å²) in [6.45, 7) is 2.73. The number of aromatic nitrogens is 2. The van der Waals surface area contributed by atoms with Gasteiger partial charge < -0.3 is 19.6 Å². The second-order valence-corrected chi connectivity index (χ2v) is 5.55. The molecule has 1 aliphatic rings. The summed E-state index contributed by atoms with van der Waals surface area (Å²) >= 11 is 0. The molecule has 7 heteroatoms. The summed E-state index contributed by atoms with van der Waals surface area (Å²) < 4.78 is 5.19. The monoisotopic (exact) mass is 303 g/mol. The molecule has 1 fully saturated rings. The lowest BCUT2D eigenvalue weighted by Gasteiger charge is -2.18. The number of carbonyl (C=O) groups is 1. The largest absolute Gasteiger partial charge is 0.478 e. The van der Waals surface area contributed by atoms with Crippen molar-refractivity contribution in [3.05, 3.63) is 41.4 Å². The van der Waals surface area contributed by atoms with Crippen molar-refractivity contribution in [1.82, 2.24) is 10.1 Å². The van der Waals surface area contributed by atoms with Crippen molar-refractivity contribution in [3.63, 3.8) is 0 Å². The molecule has 3 rings (SSSR count). The molecule has 2 N–H and O–H groups in total. The molecular weight excluding hydrogens is 286 g/mol. The maximum Gasteiger partial charge on any atom is 0.339 e. The number of anilines is 1. The van der Waals surface area contributed by atoms with Gasteiger partial charge in [0.05, 0.1) is 11.8 Å². The average molecular weight is 303 g/mol. The fourth-order valence-corrected chi connectivity index (χ4v) is 2.81. The van der Waals surface area contributed by atoms with E-state index in [0.29, 0.717) is 25.3 Å². The highest BCUT2D eigenvalue weighted by Crippen LogP contribution is 2.27. The van der Waals surface area contributed by atoms with Crippen molar-refractivity contribution in [1.29, 1.82) is 0 Å². The number of aryl methyl sites for hydroxylation is 1. The Labute approximate surface area is 127 Å². The van der Waals surface area contributed by atoms with Crippen LogP contribution in [0.5, 0.6) is 0 Å². The van der Waals surface area contributed by atoms with Crippen molar-refractivity contribution in [2.24, 2.45) is 5.92 Å². The van der Waals surface area contributed by atoms with Crippen LogP contribution in [0.1, 0.15) is 21.8 Å². The van der Waals surface area contributed by atoms with E-state index in [2.05, 4.69) is 10.1 Å². The van der Waals surface area contributed by atoms with Crippen molar-refractivity contribution in [2.45, 2.75) is 19.4 Å². The van der Waals surface area contributed by atoms with Crippen LogP contribution in [0.3, 0.4) is 0 Å². The van der Waals surface area contributed by atoms with Gasteiger partial charge in [0.2, 0.25) is 0 Å². The third-order valence-corrected chi connectivity index (χ3v) is 3.86. The molecule has 1 aliphatic heterocycles. The van der Waals surface area contributed by atoms with Crippen molar-refractivity contribution in [2.75, 3.05) is 18.0 Å². The van der Waals surface area contributed by atoms with Gasteiger partial charge in [-0.15, -0.1) is 0 Å². The number of rotatable bonds is 4. The van der Waals surface area contributed by atoms with Crippen molar-refractivity contribution in [3.8, 4) is 0 Å². The summed E-state index contributed by atoms with van der Waals surface area (Å²) in [4.78, 5) is 17.3. The molecule has 0 aromatic carbocycles. The first-order valence-corrected chi connectivity index (χ1v) is 7.08. The number of nitrogens with zero attached hydrogens (tertiary/aromatic N) is 3. The molecule has 0 bridgehead atoms. The van der Waals surface area contributed by atoms with Crippen molar-refractivity contribution >= 4 is 11.8 Å². The average Bonchev–Trinajstić information content (AvgIpc) is 3.06. The van der Waals surface area contributed by atoms with Gasteiger partial charge in [-0.25, -0.2) is 9.78 Å². The lowest BCUT2D eigenvalue weighted by atomic mass is 10.0. The van der Waals surface area contributed by atoms with E-state index < -0.39 is 12.1 Å². The molecule has 2 aromatic rings. The maximum absolute atomic E-state index is 11.3. The molecule has 0 amide bonds. The maximum atomic E-state index is 11.3. The highest BCUT2D eigenvalue weighted by atomic mass is 16.5. The Balaban J connectivity index is 1.77. The Morgan fingerprint density at radius 1 is 1.50 bits per heavy atom. The van der Waals surface area contributed by atoms with Gasteiger partial charge in [0, 0.05) is 37.7 Å². The highest BCUT2D eigenvalue weighted by Gasteiger charge is 2.34. The third kappa shape index (κ3) is 2.80. The van der Waals surface area contributed by atoms with Gasteiger partial charge in [-0.2, -0.15) is 0 Å². The standard InChI is InChI=1S/C15H17N3O4/c1-9-5-11(22-17-9)6-10-7-18(8-13(10)19)14-12(15(20)21)3-2-4-16-14/h2-5,10,13,19H,6-8H2,1H3,(H,20,21)/t10-,13-/m1/s1. The van der Waals surface area contributed by atoms with Crippen LogP contribution in [0.15, 0.2) is 28.9 Å². The zero-order valence-corrected chi connectivity index (χ0v) is 12.1. The van der Waals surface area contributed by atoms with Gasteiger partial charge >= 0.3 is 5.97 Å². The zero-order chi connectivity index (χ0) is 15.7. The van der Waals surface area contributed by atoms with Gasteiger partial charge in [0.1, 0.15) is 17.1 Å². The summed E-state index contributed by atoms with van der Waals surface area (Å²) in [6.07, 6.45) is 1.56. The predicted octanol–water partition coefficient (Wildman–Crippen LogP) is 1.12. The Morgan fingerprint density at radius 2 is 2.32 bits per heavy atom. The summed E-state index contributed by atoms with van der Waals surface area (Å²) in [5, 5.41) is 23.3. The van der Waals surface area contributed by atoms with Crippen LogP contribution in [-0.4, -0.2) is 45.5 Å². The van der Waals surface area contributed by atoms with E-state index in [0.717, 1.165) is 11.5 Å². The predicted molar refractivity (Wildman–Crippen MR) is 77.9 cm³/mol. The number of pyridine rings is 1. The number of carboxylic acid groups (broad SMARTS) is 1. The topological polar surface area (TPSA) is 99.7 Å². The van der Waals surface area contributed by atoms with Crippen LogP contribution < -0.4 is 4.90 Å².